The van der Waals surface area contributed by atoms with E-state index in [1.54, 1.807) is 6.07 Å². The van der Waals surface area contributed by atoms with Crippen molar-refractivity contribution in [3.63, 3.8) is 0 Å². The number of anilines is 1. The van der Waals surface area contributed by atoms with Gasteiger partial charge in [-0.1, -0.05) is 18.2 Å². The maximum absolute atomic E-state index is 13.8. The van der Waals surface area contributed by atoms with Crippen molar-refractivity contribution >= 4 is 11.6 Å². The molecule has 0 aliphatic carbocycles. The lowest BCUT2D eigenvalue weighted by atomic mass is 10.1. The van der Waals surface area contributed by atoms with Gasteiger partial charge in [0, 0.05) is 56.1 Å². The van der Waals surface area contributed by atoms with E-state index in [1.165, 1.54) is 6.07 Å². The van der Waals surface area contributed by atoms with Gasteiger partial charge < -0.3 is 10.2 Å². The van der Waals surface area contributed by atoms with Crippen LogP contribution in [0.1, 0.15) is 22.8 Å². The summed E-state index contributed by atoms with van der Waals surface area (Å²) in [6.07, 6.45) is 0. The fourth-order valence-corrected chi connectivity index (χ4v) is 3.29. The van der Waals surface area contributed by atoms with Crippen LogP contribution in [0.3, 0.4) is 0 Å². The molecule has 0 bridgehead atoms. The summed E-state index contributed by atoms with van der Waals surface area (Å²) >= 11 is 0. The van der Waals surface area contributed by atoms with Gasteiger partial charge in [-0.25, -0.2) is 4.39 Å². The molecule has 4 nitrogen and oxygen atoms in total. The predicted octanol–water partition coefficient (Wildman–Crippen LogP) is 3.21. The lowest BCUT2D eigenvalue weighted by Gasteiger charge is -2.40. The van der Waals surface area contributed by atoms with Crippen molar-refractivity contribution in [1.29, 1.82) is 0 Å². The first-order valence-corrected chi connectivity index (χ1v) is 8.63. The van der Waals surface area contributed by atoms with Crippen molar-refractivity contribution in [2.75, 3.05) is 32.0 Å². The first kappa shape index (κ1) is 17.4. The number of nitrogens with zero attached hydrogens (tertiary/aromatic N) is 2. The summed E-state index contributed by atoms with van der Waals surface area (Å²) in [5.41, 5.74) is 2.39. The third-order valence-electron chi connectivity index (χ3n) is 4.74. The summed E-state index contributed by atoms with van der Waals surface area (Å²) in [4.78, 5) is 16.9. The number of halogens is 1. The van der Waals surface area contributed by atoms with Crippen LogP contribution in [0, 0.1) is 5.82 Å². The van der Waals surface area contributed by atoms with Crippen molar-refractivity contribution in [2.24, 2.45) is 0 Å². The van der Waals surface area contributed by atoms with E-state index >= 15 is 0 Å². The molecule has 1 amide bonds. The largest absolute Gasteiger partial charge is 0.388 e. The zero-order valence-corrected chi connectivity index (χ0v) is 14.7. The second-order valence-corrected chi connectivity index (χ2v) is 6.50. The summed E-state index contributed by atoms with van der Waals surface area (Å²) in [5.74, 6) is -0.112. The Kier molecular flexibility index (Phi) is 5.34. The number of piperazine rings is 1. The maximum atomic E-state index is 13.8. The first-order chi connectivity index (χ1) is 12.1. The van der Waals surface area contributed by atoms with Crippen LogP contribution in [0.25, 0.3) is 0 Å². The Hall–Kier alpha value is -2.40. The SMILES string of the molecule is CNc1ccc(C(=O)N2CCN(Cc3ccccc3F)CC2C)cc1. The molecule has 0 aromatic heterocycles. The van der Waals surface area contributed by atoms with Crippen molar-refractivity contribution < 1.29 is 9.18 Å². The molecule has 1 saturated heterocycles. The van der Waals surface area contributed by atoms with E-state index in [0.29, 0.717) is 24.2 Å². The normalized spacial score (nSPS) is 18.2. The van der Waals surface area contributed by atoms with Crippen molar-refractivity contribution in [3.8, 4) is 0 Å². The second kappa shape index (κ2) is 7.66. The summed E-state index contributed by atoms with van der Waals surface area (Å²) in [6.45, 7) is 4.78. The van der Waals surface area contributed by atoms with Crippen LogP contribution in [0.15, 0.2) is 48.5 Å². The minimum Gasteiger partial charge on any atom is -0.388 e. The molecule has 1 N–H and O–H groups in total. The lowest BCUT2D eigenvalue weighted by molar-refractivity contribution is 0.0473. The molecule has 0 spiro atoms. The topological polar surface area (TPSA) is 35.6 Å². The average molecular weight is 341 g/mol. The quantitative estimate of drug-likeness (QED) is 0.927. The van der Waals surface area contributed by atoms with E-state index in [9.17, 15) is 9.18 Å². The fraction of sp³-hybridized carbons (Fsp3) is 0.350. The molecule has 0 radical (unpaired) electrons. The molecule has 2 aromatic rings. The van der Waals surface area contributed by atoms with Gasteiger partial charge in [-0.05, 0) is 37.3 Å². The van der Waals surface area contributed by atoms with E-state index in [4.69, 9.17) is 0 Å². The Morgan fingerprint density at radius 3 is 2.52 bits per heavy atom. The number of rotatable bonds is 4. The van der Waals surface area contributed by atoms with E-state index in [1.807, 2.05) is 55.3 Å². The fourth-order valence-electron chi connectivity index (χ4n) is 3.29. The highest BCUT2D eigenvalue weighted by Gasteiger charge is 2.28. The monoisotopic (exact) mass is 341 g/mol. The number of carbonyl (C=O) groups is 1. The van der Waals surface area contributed by atoms with Gasteiger partial charge >= 0.3 is 0 Å². The highest BCUT2D eigenvalue weighted by atomic mass is 19.1. The molecule has 1 aliphatic rings. The second-order valence-electron chi connectivity index (χ2n) is 6.50. The van der Waals surface area contributed by atoms with Crippen LogP contribution in [-0.2, 0) is 6.54 Å². The molecular formula is C20H24FN3O. The molecule has 5 heteroatoms. The molecule has 1 atom stereocenters. The highest BCUT2D eigenvalue weighted by molar-refractivity contribution is 5.94. The minimum atomic E-state index is -0.168. The van der Waals surface area contributed by atoms with E-state index < -0.39 is 0 Å². The van der Waals surface area contributed by atoms with Crippen LogP contribution in [-0.4, -0.2) is 48.4 Å². The van der Waals surface area contributed by atoms with Gasteiger partial charge in [-0.3, -0.25) is 9.69 Å². The number of carbonyl (C=O) groups excluding carboxylic acids is 1. The van der Waals surface area contributed by atoms with Gasteiger partial charge in [-0.2, -0.15) is 0 Å². The van der Waals surface area contributed by atoms with Crippen LogP contribution in [0.4, 0.5) is 10.1 Å². The van der Waals surface area contributed by atoms with Crippen LogP contribution in [0.5, 0.6) is 0 Å². The van der Waals surface area contributed by atoms with Crippen molar-refractivity contribution in [1.82, 2.24) is 9.80 Å². The molecule has 1 heterocycles. The van der Waals surface area contributed by atoms with Crippen molar-refractivity contribution in [2.45, 2.75) is 19.5 Å². The molecule has 132 valence electrons. The number of hydrogen-bond acceptors (Lipinski definition) is 3. The summed E-state index contributed by atoms with van der Waals surface area (Å²) < 4.78 is 13.8. The molecule has 2 aromatic carbocycles. The predicted molar refractivity (Wildman–Crippen MR) is 98.2 cm³/mol. The number of hydrogen-bond donors (Lipinski definition) is 1. The lowest BCUT2D eigenvalue weighted by Crippen LogP contribution is -2.53. The first-order valence-electron chi connectivity index (χ1n) is 8.63. The Labute approximate surface area is 148 Å². The van der Waals surface area contributed by atoms with Gasteiger partial charge in [0.15, 0.2) is 0 Å². The number of nitrogens with one attached hydrogen (secondary N) is 1. The molecule has 0 saturated carbocycles. The Morgan fingerprint density at radius 1 is 1.16 bits per heavy atom. The van der Waals surface area contributed by atoms with Crippen molar-refractivity contribution in [3.05, 3.63) is 65.5 Å². The van der Waals surface area contributed by atoms with E-state index in [2.05, 4.69) is 10.2 Å². The highest BCUT2D eigenvalue weighted by Crippen LogP contribution is 2.18. The average Bonchev–Trinajstić information content (AvgIpc) is 2.63. The summed E-state index contributed by atoms with van der Waals surface area (Å²) in [5, 5.41) is 3.05. The van der Waals surface area contributed by atoms with Gasteiger partial charge in [-0.15, -0.1) is 0 Å². The Balaban J connectivity index is 1.63. The summed E-state index contributed by atoms with van der Waals surface area (Å²) in [7, 11) is 1.85. The standard InChI is InChI=1S/C20H24FN3O/c1-15-13-23(14-17-5-3-4-6-19(17)21)11-12-24(15)20(25)16-7-9-18(22-2)10-8-16/h3-10,15,22H,11-14H2,1-2H3. The molecule has 3 rings (SSSR count). The smallest absolute Gasteiger partial charge is 0.254 e. The maximum Gasteiger partial charge on any atom is 0.254 e. The van der Waals surface area contributed by atoms with Crippen LogP contribution < -0.4 is 5.32 Å². The van der Waals surface area contributed by atoms with Gasteiger partial charge in [0.2, 0.25) is 0 Å². The molecule has 1 unspecified atom stereocenters. The Morgan fingerprint density at radius 2 is 1.88 bits per heavy atom. The van der Waals surface area contributed by atoms with Crippen LogP contribution in [0.2, 0.25) is 0 Å². The molecular weight excluding hydrogens is 317 g/mol. The van der Waals surface area contributed by atoms with Gasteiger partial charge in [0.1, 0.15) is 5.82 Å². The zero-order chi connectivity index (χ0) is 17.8. The molecule has 25 heavy (non-hydrogen) atoms. The minimum absolute atomic E-state index is 0.0562. The third kappa shape index (κ3) is 3.99. The van der Waals surface area contributed by atoms with Gasteiger partial charge in [0.05, 0.1) is 0 Å². The number of amides is 1. The van der Waals surface area contributed by atoms with E-state index in [0.717, 1.165) is 18.8 Å². The molecule has 1 aliphatic heterocycles. The Bertz CT molecular complexity index is 732. The molecule has 1 fully saturated rings. The summed E-state index contributed by atoms with van der Waals surface area (Å²) in [6, 6.07) is 14.5. The number of benzene rings is 2. The third-order valence-corrected chi connectivity index (χ3v) is 4.74. The van der Waals surface area contributed by atoms with Crippen LogP contribution >= 0.6 is 0 Å². The zero-order valence-electron chi connectivity index (χ0n) is 14.7. The van der Waals surface area contributed by atoms with E-state index in [-0.39, 0.29) is 17.8 Å². The van der Waals surface area contributed by atoms with Gasteiger partial charge in [0.25, 0.3) is 5.91 Å².